The van der Waals surface area contributed by atoms with Gasteiger partial charge < -0.3 is 10.2 Å². The van der Waals surface area contributed by atoms with Gasteiger partial charge in [-0.05, 0) is 38.7 Å². The summed E-state index contributed by atoms with van der Waals surface area (Å²) in [5.41, 5.74) is 3.37. The van der Waals surface area contributed by atoms with E-state index < -0.39 is 0 Å². The molecule has 29 heavy (non-hydrogen) atoms. The van der Waals surface area contributed by atoms with Crippen molar-refractivity contribution in [3.8, 4) is 0 Å². The monoisotopic (exact) mass is 416 g/mol. The number of piperidine rings is 1. The molecule has 0 aliphatic carbocycles. The highest BCUT2D eigenvalue weighted by Crippen LogP contribution is 2.25. The molecule has 7 heteroatoms. The van der Waals surface area contributed by atoms with E-state index in [1.165, 1.54) is 5.56 Å². The van der Waals surface area contributed by atoms with Crippen LogP contribution >= 0.6 is 11.6 Å². The van der Waals surface area contributed by atoms with Crippen molar-refractivity contribution in [2.45, 2.75) is 46.6 Å². The Bertz CT molecular complexity index is 868. The van der Waals surface area contributed by atoms with Gasteiger partial charge in [-0.3, -0.25) is 9.59 Å². The Morgan fingerprint density at radius 1 is 1.17 bits per heavy atom. The van der Waals surface area contributed by atoms with E-state index in [1.807, 2.05) is 45.0 Å². The summed E-state index contributed by atoms with van der Waals surface area (Å²) in [5, 5.41) is 7.81. The minimum atomic E-state index is -0.102. The van der Waals surface area contributed by atoms with Crippen LogP contribution in [0, 0.1) is 19.8 Å². The van der Waals surface area contributed by atoms with Crippen LogP contribution in [0.1, 0.15) is 53.4 Å². The first-order chi connectivity index (χ1) is 13.9. The van der Waals surface area contributed by atoms with Crippen LogP contribution in [-0.2, 0) is 11.3 Å². The average molecular weight is 417 g/mol. The molecule has 6 nitrogen and oxygen atoms in total. The fourth-order valence-electron chi connectivity index (χ4n) is 3.66. The molecule has 1 aliphatic rings. The van der Waals surface area contributed by atoms with Crippen LogP contribution in [0.3, 0.4) is 0 Å². The number of carbonyl (C=O) groups excluding carboxylic acids is 2. The number of amides is 2. The van der Waals surface area contributed by atoms with Crippen molar-refractivity contribution in [3.63, 3.8) is 0 Å². The zero-order chi connectivity index (χ0) is 21.0. The molecule has 0 bridgehead atoms. The zero-order valence-corrected chi connectivity index (χ0v) is 18.1. The predicted octanol–water partition coefficient (Wildman–Crippen LogP) is 3.58. The molecule has 0 atom stereocenters. The van der Waals surface area contributed by atoms with E-state index in [0.29, 0.717) is 55.4 Å². The van der Waals surface area contributed by atoms with Crippen molar-refractivity contribution in [3.05, 3.63) is 51.8 Å². The number of rotatable bonds is 6. The number of likely N-dealkylation sites (tertiary alicyclic amines) is 1. The van der Waals surface area contributed by atoms with E-state index in [4.69, 9.17) is 11.6 Å². The first-order valence-electron chi connectivity index (χ1n) is 10.3. The summed E-state index contributed by atoms with van der Waals surface area (Å²) in [5.74, 6) is -0.0272. The predicted molar refractivity (Wildman–Crippen MR) is 114 cm³/mol. The summed E-state index contributed by atoms with van der Waals surface area (Å²) in [4.78, 5) is 27.0. The zero-order valence-electron chi connectivity index (χ0n) is 17.4. The number of aromatic nitrogens is 2. The number of nitrogens with zero attached hydrogens (tertiary/aromatic N) is 3. The summed E-state index contributed by atoms with van der Waals surface area (Å²) in [6, 6.07) is 8.18. The highest BCUT2D eigenvalue weighted by molar-refractivity contribution is 6.33. The molecule has 1 aromatic carbocycles. The Morgan fingerprint density at radius 3 is 2.45 bits per heavy atom. The maximum atomic E-state index is 13.1. The van der Waals surface area contributed by atoms with Crippen LogP contribution in [0.2, 0.25) is 5.15 Å². The number of halogens is 1. The van der Waals surface area contributed by atoms with E-state index in [-0.39, 0.29) is 17.7 Å². The largest absolute Gasteiger partial charge is 0.356 e. The van der Waals surface area contributed by atoms with Crippen LogP contribution in [0.4, 0.5) is 0 Å². The average Bonchev–Trinajstić information content (AvgIpc) is 3.00. The van der Waals surface area contributed by atoms with Gasteiger partial charge in [-0.1, -0.05) is 48.4 Å². The normalized spacial score (nSPS) is 14.8. The standard InChI is InChI=1S/C22H29ClN4O2/c1-4-11-24-21(28)18-9-12-26(13-10-18)22(29)19-16(3)25-27(20(19)23)14-17-7-5-15(2)6-8-17/h5-8,18H,4,9-14H2,1-3H3,(H,24,28). The second-order valence-electron chi connectivity index (χ2n) is 7.75. The van der Waals surface area contributed by atoms with Crippen LogP contribution in [0.25, 0.3) is 0 Å². The minimum absolute atomic E-state index is 0.0218. The number of hydrogen-bond donors (Lipinski definition) is 1. The van der Waals surface area contributed by atoms with E-state index >= 15 is 0 Å². The van der Waals surface area contributed by atoms with Crippen molar-refractivity contribution in [1.82, 2.24) is 20.0 Å². The Kier molecular flexibility index (Phi) is 6.96. The number of nitrogens with one attached hydrogen (secondary N) is 1. The minimum Gasteiger partial charge on any atom is -0.356 e. The van der Waals surface area contributed by atoms with E-state index in [0.717, 1.165) is 12.0 Å². The summed E-state index contributed by atoms with van der Waals surface area (Å²) >= 11 is 6.55. The van der Waals surface area contributed by atoms with Crippen molar-refractivity contribution in [2.24, 2.45) is 5.92 Å². The summed E-state index contributed by atoms with van der Waals surface area (Å²) in [6.45, 7) is 8.23. The second-order valence-corrected chi connectivity index (χ2v) is 8.11. The van der Waals surface area contributed by atoms with Crippen molar-refractivity contribution >= 4 is 23.4 Å². The molecule has 2 aromatic rings. The maximum Gasteiger partial charge on any atom is 0.258 e. The first-order valence-corrected chi connectivity index (χ1v) is 10.6. The van der Waals surface area contributed by atoms with Gasteiger partial charge in [0.2, 0.25) is 5.91 Å². The molecule has 0 radical (unpaired) electrons. The Hall–Kier alpha value is -2.34. The Balaban J connectivity index is 1.66. The van der Waals surface area contributed by atoms with Crippen LogP contribution in [-0.4, -0.2) is 46.1 Å². The van der Waals surface area contributed by atoms with Gasteiger partial charge in [-0.25, -0.2) is 4.68 Å². The third kappa shape index (κ3) is 4.99. The molecule has 0 unspecified atom stereocenters. The first kappa shape index (κ1) is 21.4. The number of benzene rings is 1. The lowest BCUT2D eigenvalue weighted by Gasteiger charge is -2.31. The molecule has 0 spiro atoms. The Labute approximate surface area is 177 Å². The third-order valence-electron chi connectivity index (χ3n) is 5.43. The lowest BCUT2D eigenvalue weighted by Crippen LogP contribution is -2.43. The van der Waals surface area contributed by atoms with Gasteiger partial charge in [0, 0.05) is 25.6 Å². The topological polar surface area (TPSA) is 67.2 Å². The molecule has 156 valence electrons. The van der Waals surface area contributed by atoms with Crippen LogP contribution < -0.4 is 5.32 Å². The molecule has 1 aliphatic heterocycles. The van der Waals surface area contributed by atoms with E-state index in [9.17, 15) is 9.59 Å². The SMILES string of the molecule is CCCNC(=O)C1CCN(C(=O)c2c(C)nn(Cc3ccc(C)cc3)c2Cl)CC1. The molecule has 2 amide bonds. The molecule has 0 saturated carbocycles. The van der Waals surface area contributed by atoms with Crippen LogP contribution in [0.5, 0.6) is 0 Å². The maximum absolute atomic E-state index is 13.1. The number of carbonyl (C=O) groups is 2. The molecular formula is C22H29ClN4O2. The van der Waals surface area contributed by atoms with Crippen LogP contribution in [0.15, 0.2) is 24.3 Å². The summed E-state index contributed by atoms with van der Waals surface area (Å²) in [7, 11) is 0. The van der Waals surface area contributed by atoms with Crippen molar-refractivity contribution in [1.29, 1.82) is 0 Å². The van der Waals surface area contributed by atoms with Gasteiger partial charge >= 0.3 is 0 Å². The summed E-state index contributed by atoms with van der Waals surface area (Å²) in [6.07, 6.45) is 2.28. The smallest absolute Gasteiger partial charge is 0.258 e. The highest BCUT2D eigenvalue weighted by Gasteiger charge is 2.30. The fourth-order valence-corrected chi connectivity index (χ4v) is 3.98. The number of aryl methyl sites for hydroxylation is 2. The van der Waals surface area contributed by atoms with E-state index in [2.05, 4.69) is 10.4 Å². The molecule has 1 fully saturated rings. The molecule has 1 aromatic heterocycles. The molecule has 1 N–H and O–H groups in total. The van der Waals surface area contributed by atoms with E-state index in [1.54, 1.807) is 9.58 Å². The third-order valence-corrected chi connectivity index (χ3v) is 5.82. The van der Waals surface area contributed by atoms with Gasteiger partial charge in [0.15, 0.2) is 0 Å². The lowest BCUT2D eigenvalue weighted by atomic mass is 9.95. The second kappa shape index (κ2) is 9.44. The van der Waals surface area contributed by atoms with Gasteiger partial charge in [0.05, 0.1) is 17.8 Å². The van der Waals surface area contributed by atoms with Gasteiger partial charge in [-0.2, -0.15) is 5.10 Å². The fraction of sp³-hybridized carbons (Fsp3) is 0.500. The van der Waals surface area contributed by atoms with Crippen molar-refractivity contribution < 1.29 is 9.59 Å². The van der Waals surface area contributed by atoms with Gasteiger partial charge in [0.1, 0.15) is 5.15 Å². The summed E-state index contributed by atoms with van der Waals surface area (Å²) < 4.78 is 1.68. The molecular weight excluding hydrogens is 388 g/mol. The molecule has 1 saturated heterocycles. The number of hydrogen-bond acceptors (Lipinski definition) is 3. The molecule has 2 heterocycles. The van der Waals surface area contributed by atoms with Crippen molar-refractivity contribution in [2.75, 3.05) is 19.6 Å². The highest BCUT2D eigenvalue weighted by atomic mass is 35.5. The quantitative estimate of drug-likeness (QED) is 0.782. The van der Waals surface area contributed by atoms with Gasteiger partial charge in [-0.15, -0.1) is 0 Å². The van der Waals surface area contributed by atoms with Gasteiger partial charge in [0.25, 0.3) is 5.91 Å². The lowest BCUT2D eigenvalue weighted by molar-refractivity contribution is -0.126. The Morgan fingerprint density at radius 2 is 1.83 bits per heavy atom. The molecule has 3 rings (SSSR count).